The van der Waals surface area contributed by atoms with Crippen LogP contribution in [-0.4, -0.2) is 17.2 Å². The molecule has 21 heavy (non-hydrogen) atoms. The molecule has 6 heteroatoms. The summed E-state index contributed by atoms with van der Waals surface area (Å²) in [5, 5.41) is 9.93. The van der Waals surface area contributed by atoms with Crippen LogP contribution in [0.25, 0.3) is 5.57 Å². The van der Waals surface area contributed by atoms with Crippen LogP contribution < -0.4 is 16.3 Å². The van der Waals surface area contributed by atoms with E-state index < -0.39 is 11.7 Å². The van der Waals surface area contributed by atoms with E-state index in [1.165, 1.54) is 12.1 Å². The number of carbonyl (C=O) groups is 1. The lowest BCUT2D eigenvalue weighted by molar-refractivity contribution is -1.06. The average Bonchev–Trinajstić information content (AvgIpc) is 2.52. The van der Waals surface area contributed by atoms with Gasteiger partial charge in [0.2, 0.25) is 0 Å². The van der Waals surface area contributed by atoms with Gasteiger partial charge in [0.05, 0.1) is 5.56 Å². The Hall–Kier alpha value is -2.02. The van der Waals surface area contributed by atoms with Crippen molar-refractivity contribution in [1.82, 2.24) is 5.43 Å². The predicted octanol–water partition coefficient (Wildman–Crippen LogP) is 1.03. The molecule has 1 heterocycles. The van der Waals surface area contributed by atoms with Crippen molar-refractivity contribution in [1.29, 1.82) is 0 Å². The molecule has 1 aliphatic heterocycles. The Bertz CT molecular complexity index is 570. The number of quaternary nitrogens is 1. The zero-order valence-corrected chi connectivity index (χ0v) is 12.4. The van der Waals surface area contributed by atoms with Gasteiger partial charge < -0.3 is 0 Å². The van der Waals surface area contributed by atoms with Gasteiger partial charge in [-0.25, -0.2) is 15.4 Å². The summed E-state index contributed by atoms with van der Waals surface area (Å²) in [6, 6.07) is 4.00. The van der Waals surface area contributed by atoms with Crippen molar-refractivity contribution in [2.45, 2.75) is 26.8 Å². The molecular weight excluding hydrogens is 273 g/mol. The van der Waals surface area contributed by atoms with Crippen molar-refractivity contribution in [3.8, 4) is 0 Å². The van der Waals surface area contributed by atoms with Crippen LogP contribution in [0.15, 0.2) is 36.6 Å². The Morgan fingerprint density at radius 3 is 2.71 bits per heavy atom. The molecule has 0 radical (unpaired) electrons. The van der Waals surface area contributed by atoms with Gasteiger partial charge in [-0.1, -0.05) is 19.9 Å². The SMILES string of the molecule is CC.CC1C(c2ccc(F)c(C(=O)NN)c2)=CC=C[NH+]1O. The molecule has 0 bridgehead atoms. The second kappa shape index (κ2) is 7.68. The van der Waals surface area contributed by atoms with Crippen molar-refractivity contribution in [2.75, 3.05) is 0 Å². The molecule has 114 valence electrons. The maximum atomic E-state index is 13.5. The van der Waals surface area contributed by atoms with Crippen molar-refractivity contribution >= 4 is 11.5 Å². The number of benzene rings is 1. The minimum atomic E-state index is -0.688. The average molecular weight is 294 g/mol. The highest BCUT2D eigenvalue weighted by molar-refractivity contribution is 5.95. The van der Waals surface area contributed by atoms with Crippen LogP contribution in [0.2, 0.25) is 0 Å². The van der Waals surface area contributed by atoms with Gasteiger partial charge in [0, 0.05) is 5.57 Å². The van der Waals surface area contributed by atoms with E-state index in [2.05, 4.69) is 0 Å². The van der Waals surface area contributed by atoms with Crippen LogP contribution in [0.1, 0.15) is 36.7 Å². The fraction of sp³-hybridized carbons (Fsp3) is 0.267. The monoisotopic (exact) mass is 294 g/mol. The van der Waals surface area contributed by atoms with E-state index >= 15 is 0 Å². The van der Waals surface area contributed by atoms with Gasteiger partial charge in [-0.2, -0.15) is 5.06 Å². The molecule has 2 unspecified atom stereocenters. The first-order valence-electron chi connectivity index (χ1n) is 6.79. The first kappa shape index (κ1) is 17.0. The molecule has 1 aromatic rings. The molecule has 0 aliphatic carbocycles. The lowest BCUT2D eigenvalue weighted by Gasteiger charge is -2.21. The lowest BCUT2D eigenvalue weighted by Crippen LogP contribution is -3.09. The van der Waals surface area contributed by atoms with E-state index in [0.717, 1.165) is 5.57 Å². The number of allylic oxidation sites excluding steroid dienone is 2. The molecule has 0 spiro atoms. The Kier molecular flexibility index (Phi) is 6.23. The third kappa shape index (κ3) is 3.75. The number of carbonyl (C=O) groups excluding carboxylic acids is 1. The summed E-state index contributed by atoms with van der Waals surface area (Å²) in [6.45, 7) is 5.83. The lowest BCUT2D eigenvalue weighted by atomic mass is 9.95. The highest BCUT2D eigenvalue weighted by Gasteiger charge is 2.23. The van der Waals surface area contributed by atoms with E-state index in [1.807, 2.05) is 32.3 Å². The number of nitrogens with one attached hydrogen (secondary N) is 2. The maximum absolute atomic E-state index is 13.5. The number of hydrogen-bond acceptors (Lipinski definition) is 3. The summed E-state index contributed by atoms with van der Waals surface area (Å²) in [5.74, 6) is 3.69. The molecule has 5 nitrogen and oxygen atoms in total. The van der Waals surface area contributed by atoms with Crippen LogP contribution in [0.5, 0.6) is 0 Å². The first-order chi connectivity index (χ1) is 10.0. The molecule has 2 atom stereocenters. The Morgan fingerprint density at radius 1 is 1.43 bits per heavy atom. The summed E-state index contributed by atoms with van der Waals surface area (Å²) in [5.41, 5.74) is 3.26. The summed E-state index contributed by atoms with van der Waals surface area (Å²) in [6.07, 6.45) is 5.13. The Labute approximate surface area is 123 Å². The third-order valence-electron chi connectivity index (χ3n) is 3.13. The van der Waals surface area contributed by atoms with E-state index in [1.54, 1.807) is 18.3 Å². The normalized spacial score (nSPS) is 20.2. The zero-order chi connectivity index (χ0) is 16.0. The van der Waals surface area contributed by atoms with Gasteiger partial charge in [0.15, 0.2) is 0 Å². The smallest absolute Gasteiger partial charge is 0.268 e. The van der Waals surface area contributed by atoms with Crippen LogP contribution in [0.3, 0.4) is 0 Å². The number of hydrogen-bond donors (Lipinski definition) is 4. The molecule has 0 fully saturated rings. The molecule has 1 aromatic carbocycles. The van der Waals surface area contributed by atoms with E-state index in [4.69, 9.17) is 5.84 Å². The minimum absolute atomic E-state index is 0.123. The predicted molar refractivity (Wildman–Crippen MR) is 78.7 cm³/mol. The van der Waals surface area contributed by atoms with Crippen molar-refractivity contribution in [3.05, 3.63) is 53.5 Å². The molecule has 0 saturated heterocycles. The number of hydroxylamine groups is 2. The number of nitrogen functional groups attached to an aromatic ring is 1. The van der Waals surface area contributed by atoms with Gasteiger partial charge >= 0.3 is 0 Å². The van der Waals surface area contributed by atoms with Gasteiger partial charge in [-0.15, -0.1) is 0 Å². The van der Waals surface area contributed by atoms with Crippen LogP contribution in [-0.2, 0) is 0 Å². The molecule has 0 saturated carbocycles. The minimum Gasteiger partial charge on any atom is -0.290 e. The summed E-state index contributed by atoms with van der Waals surface area (Å²) >= 11 is 0. The molecule has 5 N–H and O–H groups in total. The highest BCUT2D eigenvalue weighted by Crippen LogP contribution is 2.21. The fourth-order valence-corrected chi connectivity index (χ4v) is 2.00. The summed E-state index contributed by atoms with van der Waals surface area (Å²) in [4.78, 5) is 11.5. The van der Waals surface area contributed by atoms with Gasteiger partial charge in [0.25, 0.3) is 5.91 Å². The second-order valence-corrected chi connectivity index (χ2v) is 4.30. The summed E-state index contributed by atoms with van der Waals surface area (Å²) in [7, 11) is 0. The van der Waals surface area contributed by atoms with Crippen LogP contribution >= 0.6 is 0 Å². The van der Waals surface area contributed by atoms with Crippen molar-refractivity contribution < 1.29 is 19.5 Å². The largest absolute Gasteiger partial charge is 0.290 e. The van der Waals surface area contributed by atoms with Crippen LogP contribution in [0.4, 0.5) is 4.39 Å². The van der Waals surface area contributed by atoms with E-state index in [0.29, 0.717) is 5.56 Å². The zero-order valence-electron chi connectivity index (χ0n) is 12.4. The third-order valence-corrected chi connectivity index (χ3v) is 3.13. The highest BCUT2D eigenvalue weighted by atomic mass is 19.1. The second-order valence-electron chi connectivity index (χ2n) is 4.30. The van der Waals surface area contributed by atoms with Crippen LogP contribution in [0, 0.1) is 5.82 Å². The maximum Gasteiger partial charge on any atom is 0.268 e. The topological polar surface area (TPSA) is 79.8 Å². The fourth-order valence-electron chi connectivity index (χ4n) is 2.00. The molecule has 0 aromatic heterocycles. The van der Waals surface area contributed by atoms with Gasteiger partial charge in [-0.3, -0.25) is 10.2 Å². The van der Waals surface area contributed by atoms with Gasteiger partial charge in [-0.05, 0) is 36.8 Å². The number of amides is 1. The summed E-state index contributed by atoms with van der Waals surface area (Å²) < 4.78 is 13.5. The van der Waals surface area contributed by atoms with Gasteiger partial charge in [0.1, 0.15) is 18.1 Å². The molecule has 1 amide bonds. The molecular formula is C15H21FN3O2+. The van der Waals surface area contributed by atoms with Crippen molar-refractivity contribution in [3.63, 3.8) is 0 Å². The Morgan fingerprint density at radius 2 is 2.10 bits per heavy atom. The number of rotatable bonds is 2. The standard InChI is InChI=1S/C13H14FN3O2.C2H6/c1-8-10(3-2-6-17(8)19)9-4-5-12(14)11(7-9)13(18)16-15;1-2/h2-8,19H,15H2,1H3,(H,16,18);1-2H3/p+1. The van der Waals surface area contributed by atoms with Crippen molar-refractivity contribution in [2.24, 2.45) is 5.84 Å². The van der Waals surface area contributed by atoms with E-state index in [9.17, 15) is 14.4 Å². The first-order valence-corrected chi connectivity index (χ1v) is 6.79. The van der Waals surface area contributed by atoms with E-state index in [-0.39, 0.29) is 16.7 Å². The number of hydrazine groups is 1. The number of nitrogens with two attached hydrogens (primary N) is 1. The Balaban J connectivity index is 0.00000106. The number of halogens is 1. The molecule has 1 aliphatic rings. The quantitative estimate of drug-likeness (QED) is 0.374. The molecule has 2 rings (SSSR count).